The van der Waals surface area contributed by atoms with E-state index in [1.54, 1.807) is 6.20 Å². The number of piperidine rings is 1. The Balaban J connectivity index is 1.46. The number of β-amino-alcohol motifs (C(OH)–C–C–N with tert-alkyl or cyclic N) is 1. The molecular formula is C18H21N5O2. The first-order chi connectivity index (χ1) is 12.1. The number of rotatable bonds is 4. The van der Waals surface area contributed by atoms with E-state index in [9.17, 15) is 5.11 Å². The Morgan fingerprint density at radius 1 is 1.32 bits per heavy atom. The maximum absolute atomic E-state index is 10.9. The first kappa shape index (κ1) is 16.0. The van der Waals surface area contributed by atoms with Crippen LogP contribution < -0.4 is 0 Å². The minimum Gasteiger partial charge on any atom is -0.382 e. The second-order valence-corrected chi connectivity index (χ2v) is 6.75. The van der Waals surface area contributed by atoms with Crippen LogP contribution in [-0.4, -0.2) is 43.7 Å². The summed E-state index contributed by atoms with van der Waals surface area (Å²) >= 11 is 0. The molecule has 3 heterocycles. The fourth-order valence-corrected chi connectivity index (χ4v) is 3.36. The molecule has 1 aliphatic heterocycles. The zero-order valence-electron chi connectivity index (χ0n) is 14.1. The maximum Gasteiger partial charge on any atom is 0.151 e. The number of aromatic nitrogens is 4. The number of likely N-dealkylation sites (tertiary alicyclic amines) is 1. The van der Waals surface area contributed by atoms with Gasteiger partial charge in [-0.15, -0.1) is 0 Å². The molecule has 25 heavy (non-hydrogen) atoms. The van der Waals surface area contributed by atoms with Crippen LogP contribution in [0.2, 0.25) is 0 Å². The monoisotopic (exact) mass is 339 g/mol. The molecule has 3 aromatic rings. The van der Waals surface area contributed by atoms with Crippen molar-refractivity contribution in [3.63, 3.8) is 0 Å². The van der Waals surface area contributed by atoms with Crippen LogP contribution in [0, 0.1) is 6.92 Å². The highest BCUT2D eigenvalue weighted by Crippen LogP contribution is 2.30. The van der Waals surface area contributed by atoms with Gasteiger partial charge in [0.25, 0.3) is 0 Å². The quantitative estimate of drug-likeness (QED) is 0.757. The topological polar surface area (TPSA) is 91.1 Å². The lowest BCUT2D eigenvalue weighted by atomic mass is 9.90. The lowest BCUT2D eigenvalue weighted by Crippen LogP contribution is -2.45. The molecule has 1 saturated heterocycles. The fraction of sp³-hybridized carbons (Fsp3) is 0.389. The lowest BCUT2D eigenvalue weighted by molar-refractivity contribution is -0.0432. The first-order valence-corrected chi connectivity index (χ1v) is 8.46. The Bertz CT molecular complexity index is 828. The Morgan fingerprint density at radius 3 is 2.92 bits per heavy atom. The molecule has 1 aromatic carbocycles. The molecule has 7 nitrogen and oxygen atoms in total. The highest BCUT2D eigenvalue weighted by atomic mass is 16.5. The van der Waals surface area contributed by atoms with E-state index in [4.69, 9.17) is 4.52 Å². The minimum absolute atomic E-state index is 0.500. The van der Waals surface area contributed by atoms with E-state index in [0.717, 1.165) is 30.0 Å². The molecule has 1 fully saturated rings. The highest BCUT2D eigenvalue weighted by Gasteiger charge is 2.37. The van der Waals surface area contributed by atoms with Gasteiger partial charge < -0.3 is 9.63 Å². The summed E-state index contributed by atoms with van der Waals surface area (Å²) in [7, 11) is 0. The van der Waals surface area contributed by atoms with Gasteiger partial charge >= 0.3 is 0 Å². The van der Waals surface area contributed by atoms with Crippen LogP contribution >= 0.6 is 0 Å². The second kappa shape index (κ2) is 6.42. The predicted molar refractivity (Wildman–Crippen MR) is 91.5 cm³/mol. The summed E-state index contributed by atoms with van der Waals surface area (Å²) in [4.78, 5) is 2.16. The molecule has 2 aromatic heterocycles. The van der Waals surface area contributed by atoms with E-state index in [1.165, 1.54) is 5.56 Å². The average Bonchev–Trinajstić information content (AvgIpc) is 3.28. The Kier molecular flexibility index (Phi) is 4.10. The Morgan fingerprint density at radius 2 is 2.16 bits per heavy atom. The van der Waals surface area contributed by atoms with Crippen molar-refractivity contribution in [3.05, 3.63) is 53.5 Å². The van der Waals surface area contributed by atoms with E-state index in [1.807, 2.05) is 18.2 Å². The molecule has 2 N–H and O–H groups in total. The van der Waals surface area contributed by atoms with Gasteiger partial charge in [0.2, 0.25) is 0 Å². The van der Waals surface area contributed by atoms with Gasteiger partial charge in [0.1, 0.15) is 17.0 Å². The van der Waals surface area contributed by atoms with E-state index in [0.29, 0.717) is 25.2 Å². The standard InChI is InChI=1S/C18H21N5O2/c1-13-3-5-14(6-4-13)16-9-15(25-21-16)11-23-8-2-7-18(24,12-23)17-10-19-22-20-17/h3-6,9-10,24H,2,7-8,11-12H2,1H3,(H,19,20,22)/t18-/m1/s1. The first-order valence-electron chi connectivity index (χ1n) is 8.46. The summed E-state index contributed by atoms with van der Waals surface area (Å²) in [5, 5.41) is 25.5. The smallest absolute Gasteiger partial charge is 0.151 e. The van der Waals surface area contributed by atoms with Crippen LogP contribution in [0.3, 0.4) is 0 Å². The summed E-state index contributed by atoms with van der Waals surface area (Å²) in [5.74, 6) is 0.792. The fourth-order valence-electron chi connectivity index (χ4n) is 3.36. The Labute approximate surface area is 145 Å². The molecule has 0 spiro atoms. The molecule has 1 aliphatic rings. The minimum atomic E-state index is -0.967. The van der Waals surface area contributed by atoms with Crippen molar-refractivity contribution < 1.29 is 9.63 Å². The number of aryl methyl sites for hydroxylation is 1. The number of hydrogen-bond acceptors (Lipinski definition) is 6. The van der Waals surface area contributed by atoms with Gasteiger partial charge in [-0.1, -0.05) is 35.0 Å². The average molecular weight is 339 g/mol. The van der Waals surface area contributed by atoms with Crippen molar-refractivity contribution >= 4 is 0 Å². The summed E-state index contributed by atoms with van der Waals surface area (Å²) in [6.07, 6.45) is 3.16. The Hall–Kier alpha value is -2.51. The molecule has 0 unspecified atom stereocenters. The van der Waals surface area contributed by atoms with Gasteiger partial charge in [0, 0.05) is 18.2 Å². The summed E-state index contributed by atoms with van der Waals surface area (Å²) in [6, 6.07) is 10.2. The van der Waals surface area contributed by atoms with Crippen molar-refractivity contribution in [2.24, 2.45) is 0 Å². The van der Waals surface area contributed by atoms with Crippen molar-refractivity contribution in [3.8, 4) is 11.3 Å². The summed E-state index contributed by atoms with van der Waals surface area (Å²) < 4.78 is 5.50. The van der Waals surface area contributed by atoms with Crippen LogP contribution in [0.1, 0.15) is 29.9 Å². The van der Waals surface area contributed by atoms with Gasteiger partial charge in [-0.05, 0) is 26.3 Å². The van der Waals surface area contributed by atoms with Gasteiger partial charge in [-0.2, -0.15) is 15.4 Å². The number of benzene rings is 1. The van der Waals surface area contributed by atoms with E-state index < -0.39 is 5.60 Å². The molecule has 4 rings (SSSR count). The van der Waals surface area contributed by atoms with Gasteiger partial charge in [-0.25, -0.2) is 0 Å². The number of nitrogens with zero attached hydrogens (tertiary/aromatic N) is 4. The van der Waals surface area contributed by atoms with E-state index >= 15 is 0 Å². The lowest BCUT2D eigenvalue weighted by Gasteiger charge is -2.37. The van der Waals surface area contributed by atoms with Crippen LogP contribution in [-0.2, 0) is 12.1 Å². The molecule has 0 aliphatic carbocycles. The summed E-state index contributed by atoms with van der Waals surface area (Å²) in [6.45, 7) is 4.07. The zero-order valence-corrected chi connectivity index (χ0v) is 14.1. The molecule has 0 saturated carbocycles. The molecule has 0 radical (unpaired) electrons. The normalized spacial score (nSPS) is 21.5. The summed E-state index contributed by atoms with van der Waals surface area (Å²) in [5.41, 5.74) is 2.71. The molecule has 0 bridgehead atoms. The van der Waals surface area contributed by atoms with Crippen LogP contribution in [0.25, 0.3) is 11.3 Å². The van der Waals surface area contributed by atoms with Gasteiger partial charge in [-0.3, -0.25) is 4.90 Å². The van der Waals surface area contributed by atoms with Crippen molar-refractivity contribution in [1.82, 2.24) is 25.5 Å². The second-order valence-electron chi connectivity index (χ2n) is 6.75. The highest BCUT2D eigenvalue weighted by molar-refractivity contribution is 5.59. The number of aliphatic hydroxyl groups is 1. The molecule has 7 heteroatoms. The third-order valence-corrected chi connectivity index (χ3v) is 4.73. The van der Waals surface area contributed by atoms with Crippen molar-refractivity contribution in [2.45, 2.75) is 31.9 Å². The number of aromatic amines is 1. The molecule has 1 atom stereocenters. The number of hydrogen-bond donors (Lipinski definition) is 2. The largest absolute Gasteiger partial charge is 0.382 e. The van der Waals surface area contributed by atoms with Crippen LogP contribution in [0.15, 0.2) is 41.1 Å². The van der Waals surface area contributed by atoms with Gasteiger partial charge in [0.15, 0.2) is 5.76 Å². The zero-order chi connectivity index (χ0) is 17.3. The predicted octanol–water partition coefficient (Wildman–Crippen LogP) is 2.25. The molecule has 130 valence electrons. The molecule has 0 amide bonds. The van der Waals surface area contributed by atoms with Gasteiger partial charge in [0.05, 0.1) is 12.7 Å². The van der Waals surface area contributed by atoms with Crippen molar-refractivity contribution in [1.29, 1.82) is 0 Å². The SMILES string of the molecule is Cc1ccc(-c2cc(CN3CCC[C@](O)(c4cn[nH]n4)C3)on2)cc1. The molecular weight excluding hydrogens is 318 g/mol. The third kappa shape index (κ3) is 3.33. The van der Waals surface area contributed by atoms with E-state index in [2.05, 4.69) is 44.5 Å². The number of H-pyrrole nitrogens is 1. The maximum atomic E-state index is 10.9. The van der Waals surface area contributed by atoms with Crippen molar-refractivity contribution in [2.75, 3.05) is 13.1 Å². The third-order valence-electron chi connectivity index (χ3n) is 4.73. The number of nitrogens with one attached hydrogen (secondary N) is 1. The van der Waals surface area contributed by atoms with Crippen LogP contribution in [0.5, 0.6) is 0 Å². The van der Waals surface area contributed by atoms with Crippen LogP contribution in [0.4, 0.5) is 0 Å². The van der Waals surface area contributed by atoms with E-state index in [-0.39, 0.29) is 0 Å².